The van der Waals surface area contributed by atoms with Crippen LogP contribution in [-0.4, -0.2) is 29.1 Å². The molecule has 0 saturated carbocycles. The lowest BCUT2D eigenvalue weighted by atomic mass is 10.1. The van der Waals surface area contributed by atoms with Crippen molar-refractivity contribution in [1.29, 1.82) is 0 Å². The van der Waals surface area contributed by atoms with E-state index in [1.807, 2.05) is 12.3 Å². The maximum atomic E-state index is 6.20. The molecule has 17 heavy (non-hydrogen) atoms. The Morgan fingerprint density at radius 2 is 2.18 bits per heavy atom. The number of fused-ring (bicyclic) bond motifs is 1. The molecular weight excluding hydrogens is 236 g/mol. The predicted octanol–water partition coefficient (Wildman–Crippen LogP) is 2.14. The summed E-state index contributed by atoms with van der Waals surface area (Å²) in [6.07, 6.45) is 5.68. The Hall–Kier alpha value is -1.26. The summed E-state index contributed by atoms with van der Waals surface area (Å²) in [5, 5.41) is 1.75. The van der Waals surface area contributed by atoms with E-state index in [0.29, 0.717) is 6.04 Å². The standard InChI is InChI=1S/C12H15ClN4/c13-9-7-16-12-11(9)10(1-4-15-12)17-5-2-8(14)3-6-17/h1,4,7-8H,2-3,5-6,14H2,(H,15,16). The summed E-state index contributed by atoms with van der Waals surface area (Å²) in [5.74, 6) is 0. The molecule has 0 aromatic carbocycles. The zero-order valence-electron chi connectivity index (χ0n) is 9.49. The Labute approximate surface area is 105 Å². The molecule has 3 N–H and O–H groups in total. The fraction of sp³-hybridized carbons (Fsp3) is 0.417. The lowest BCUT2D eigenvalue weighted by Crippen LogP contribution is -2.39. The molecule has 4 nitrogen and oxygen atoms in total. The molecule has 1 saturated heterocycles. The number of aromatic amines is 1. The van der Waals surface area contributed by atoms with Gasteiger partial charge in [0.15, 0.2) is 0 Å². The average molecular weight is 251 g/mol. The first-order chi connectivity index (χ1) is 8.25. The molecule has 0 radical (unpaired) electrons. The number of halogens is 1. The summed E-state index contributed by atoms with van der Waals surface area (Å²) in [6.45, 7) is 1.98. The summed E-state index contributed by atoms with van der Waals surface area (Å²) in [4.78, 5) is 9.70. The summed E-state index contributed by atoms with van der Waals surface area (Å²) >= 11 is 6.20. The molecule has 0 bridgehead atoms. The number of rotatable bonds is 1. The van der Waals surface area contributed by atoms with Gasteiger partial charge in [-0.15, -0.1) is 0 Å². The van der Waals surface area contributed by atoms with E-state index in [1.54, 1.807) is 6.20 Å². The third-order valence-electron chi connectivity index (χ3n) is 3.38. The van der Waals surface area contributed by atoms with Gasteiger partial charge in [-0.25, -0.2) is 4.98 Å². The van der Waals surface area contributed by atoms with Gasteiger partial charge < -0.3 is 15.6 Å². The fourth-order valence-electron chi connectivity index (χ4n) is 2.40. The van der Waals surface area contributed by atoms with Crippen LogP contribution in [-0.2, 0) is 0 Å². The summed E-state index contributed by atoms with van der Waals surface area (Å²) < 4.78 is 0. The Bertz CT molecular complexity index is 528. The second kappa shape index (κ2) is 4.20. The van der Waals surface area contributed by atoms with Crippen molar-refractivity contribution >= 4 is 28.3 Å². The second-order valence-corrected chi connectivity index (χ2v) is 4.92. The predicted molar refractivity (Wildman–Crippen MR) is 70.5 cm³/mol. The van der Waals surface area contributed by atoms with Crippen LogP contribution in [0.15, 0.2) is 18.5 Å². The van der Waals surface area contributed by atoms with Crippen LogP contribution >= 0.6 is 11.6 Å². The van der Waals surface area contributed by atoms with Crippen molar-refractivity contribution in [3.8, 4) is 0 Å². The monoisotopic (exact) mass is 250 g/mol. The zero-order valence-corrected chi connectivity index (χ0v) is 10.2. The van der Waals surface area contributed by atoms with Crippen molar-refractivity contribution in [2.45, 2.75) is 18.9 Å². The largest absolute Gasteiger partial charge is 0.371 e. The molecule has 0 amide bonds. The topological polar surface area (TPSA) is 57.9 Å². The van der Waals surface area contributed by atoms with Crippen molar-refractivity contribution in [3.63, 3.8) is 0 Å². The maximum absolute atomic E-state index is 6.20. The zero-order chi connectivity index (χ0) is 11.8. The third kappa shape index (κ3) is 1.87. The number of nitrogens with zero attached hydrogens (tertiary/aromatic N) is 2. The van der Waals surface area contributed by atoms with E-state index >= 15 is 0 Å². The van der Waals surface area contributed by atoms with Crippen LogP contribution in [0.3, 0.4) is 0 Å². The Morgan fingerprint density at radius 3 is 2.94 bits per heavy atom. The number of aromatic nitrogens is 2. The van der Waals surface area contributed by atoms with Crippen LogP contribution in [0.5, 0.6) is 0 Å². The highest BCUT2D eigenvalue weighted by Crippen LogP contribution is 2.32. The van der Waals surface area contributed by atoms with Crippen LogP contribution < -0.4 is 10.6 Å². The van der Waals surface area contributed by atoms with E-state index in [1.165, 1.54) is 0 Å². The highest BCUT2D eigenvalue weighted by molar-refractivity contribution is 6.36. The first-order valence-corrected chi connectivity index (χ1v) is 6.25. The molecule has 3 rings (SSSR count). The Balaban J connectivity index is 2.02. The van der Waals surface area contributed by atoms with Crippen LogP contribution in [0.4, 0.5) is 5.69 Å². The minimum Gasteiger partial charge on any atom is -0.371 e. The molecule has 2 aromatic heterocycles. The van der Waals surface area contributed by atoms with Gasteiger partial charge >= 0.3 is 0 Å². The van der Waals surface area contributed by atoms with Gasteiger partial charge in [-0.3, -0.25) is 0 Å². The molecule has 5 heteroatoms. The van der Waals surface area contributed by atoms with Crippen molar-refractivity contribution in [2.24, 2.45) is 5.73 Å². The number of H-pyrrole nitrogens is 1. The van der Waals surface area contributed by atoms with Gasteiger partial charge in [-0.1, -0.05) is 11.6 Å². The second-order valence-electron chi connectivity index (χ2n) is 4.51. The van der Waals surface area contributed by atoms with E-state index in [9.17, 15) is 0 Å². The number of nitrogens with one attached hydrogen (secondary N) is 1. The van der Waals surface area contributed by atoms with Crippen molar-refractivity contribution in [2.75, 3.05) is 18.0 Å². The highest BCUT2D eigenvalue weighted by atomic mass is 35.5. The fourth-order valence-corrected chi connectivity index (χ4v) is 2.65. The van der Waals surface area contributed by atoms with E-state index in [4.69, 9.17) is 17.3 Å². The number of hydrogen-bond acceptors (Lipinski definition) is 3. The van der Waals surface area contributed by atoms with Gasteiger partial charge in [0.05, 0.1) is 16.1 Å². The van der Waals surface area contributed by atoms with Gasteiger partial charge in [0.1, 0.15) is 5.65 Å². The van der Waals surface area contributed by atoms with Crippen molar-refractivity contribution in [3.05, 3.63) is 23.5 Å². The molecule has 3 heterocycles. The van der Waals surface area contributed by atoms with E-state index in [0.717, 1.165) is 47.7 Å². The molecular formula is C12H15ClN4. The highest BCUT2D eigenvalue weighted by Gasteiger charge is 2.19. The first kappa shape index (κ1) is 10.9. The normalized spacial score (nSPS) is 17.9. The number of pyridine rings is 1. The molecule has 0 unspecified atom stereocenters. The summed E-state index contributed by atoms with van der Waals surface area (Å²) in [6, 6.07) is 2.36. The molecule has 0 atom stereocenters. The van der Waals surface area contributed by atoms with Gasteiger partial charge in [0.2, 0.25) is 0 Å². The average Bonchev–Trinajstić information content (AvgIpc) is 2.73. The van der Waals surface area contributed by atoms with E-state index in [2.05, 4.69) is 14.9 Å². The quantitative estimate of drug-likeness (QED) is 0.815. The van der Waals surface area contributed by atoms with Crippen LogP contribution in [0.2, 0.25) is 5.02 Å². The van der Waals surface area contributed by atoms with Gasteiger partial charge in [0.25, 0.3) is 0 Å². The molecule has 1 fully saturated rings. The summed E-state index contributed by atoms with van der Waals surface area (Å²) in [7, 11) is 0. The van der Waals surface area contributed by atoms with Crippen LogP contribution in [0.25, 0.3) is 11.0 Å². The molecule has 2 aromatic rings. The Morgan fingerprint density at radius 1 is 1.41 bits per heavy atom. The van der Waals surface area contributed by atoms with Crippen molar-refractivity contribution < 1.29 is 0 Å². The lowest BCUT2D eigenvalue weighted by molar-refractivity contribution is 0.502. The number of piperidine rings is 1. The van der Waals surface area contributed by atoms with Crippen molar-refractivity contribution in [1.82, 2.24) is 9.97 Å². The molecule has 90 valence electrons. The minimum absolute atomic E-state index is 0.338. The first-order valence-electron chi connectivity index (χ1n) is 5.88. The molecule has 1 aliphatic heterocycles. The minimum atomic E-state index is 0.338. The number of anilines is 1. The molecule has 0 aliphatic carbocycles. The van der Waals surface area contributed by atoms with Crippen LogP contribution in [0.1, 0.15) is 12.8 Å². The van der Waals surface area contributed by atoms with Crippen LogP contribution in [0, 0.1) is 0 Å². The SMILES string of the molecule is NC1CCN(c2ccnc3[nH]cc(Cl)c23)CC1. The third-order valence-corrected chi connectivity index (χ3v) is 3.68. The van der Waals surface area contributed by atoms with E-state index < -0.39 is 0 Å². The lowest BCUT2D eigenvalue weighted by Gasteiger charge is -2.32. The van der Waals surface area contributed by atoms with E-state index in [-0.39, 0.29) is 0 Å². The number of nitrogens with two attached hydrogens (primary N) is 1. The maximum Gasteiger partial charge on any atom is 0.140 e. The van der Waals surface area contributed by atoms with Gasteiger partial charge in [-0.05, 0) is 18.9 Å². The molecule has 0 spiro atoms. The summed E-state index contributed by atoms with van der Waals surface area (Å²) in [5.41, 5.74) is 7.94. The van der Waals surface area contributed by atoms with Gasteiger partial charge in [0, 0.05) is 31.5 Å². The van der Waals surface area contributed by atoms with Gasteiger partial charge in [-0.2, -0.15) is 0 Å². The molecule has 1 aliphatic rings. The smallest absolute Gasteiger partial charge is 0.140 e. The Kier molecular flexibility index (Phi) is 2.68. The number of hydrogen-bond donors (Lipinski definition) is 2.